The lowest BCUT2D eigenvalue weighted by Crippen LogP contribution is -2.49. The number of amides is 2. The summed E-state index contributed by atoms with van der Waals surface area (Å²) in [6.45, 7) is 8.75. The average Bonchev–Trinajstić information content (AvgIpc) is 3.92. The molecule has 0 bridgehead atoms. The Morgan fingerprint density at radius 2 is 1.60 bits per heavy atom. The maximum atomic E-state index is 14.6. The van der Waals surface area contributed by atoms with E-state index in [1.807, 2.05) is 36.4 Å². The van der Waals surface area contributed by atoms with Crippen molar-refractivity contribution in [2.45, 2.75) is 6.92 Å². The van der Waals surface area contributed by atoms with Crippen molar-refractivity contribution in [2.75, 3.05) is 109 Å². The first-order valence-corrected chi connectivity index (χ1v) is 24.3. The van der Waals surface area contributed by atoms with Gasteiger partial charge in [0.05, 0.1) is 84.5 Å². The largest absolute Gasteiger partial charge is 0.506 e. The van der Waals surface area contributed by atoms with E-state index in [9.17, 15) is 29.0 Å². The number of piperazine rings is 1. The molecular weight excluding hydrogens is 950 g/mol. The number of rotatable bonds is 22. The number of fused-ring (bicyclic) bond motifs is 2. The van der Waals surface area contributed by atoms with Crippen LogP contribution in [0.15, 0.2) is 111 Å². The summed E-state index contributed by atoms with van der Waals surface area (Å²) in [4.78, 5) is 58.0. The third-order valence-corrected chi connectivity index (χ3v) is 12.6. The van der Waals surface area contributed by atoms with Gasteiger partial charge in [0.2, 0.25) is 0 Å². The number of aliphatic hydroxyl groups is 1. The minimum Gasteiger partial charge on any atom is -0.506 e. The molecule has 2 amide bonds. The number of thioether (sulfide) groups is 1. The summed E-state index contributed by atoms with van der Waals surface area (Å²) >= 11 is 1.13. The summed E-state index contributed by atoms with van der Waals surface area (Å²) in [6, 6.07) is 23.9. The van der Waals surface area contributed by atoms with E-state index in [0.717, 1.165) is 49.1 Å². The second-order valence-electron chi connectivity index (χ2n) is 16.4. The van der Waals surface area contributed by atoms with Gasteiger partial charge >= 0.3 is 12.0 Å². The Kier molecular flexibility index (Phi) is 17.4. The molecule has 1 saturated heterocycles. The molecule has 0 saturated carbocycles. The van der Waals surface area contributed by atoms with Crippen molar-refractivity contribution >= 4 is 73.9 Å². The number of aromatic amines is 2. The molecule has 8 N–H and O–H groups in total. The van der Waals surface area contributed by atoms with Crippen LogP contribution < -0.4 is 31.6 Å². The molecule has 2 aliphatic heterocycles. The minimum absolute atomic E-state index is 0.0157. The molecule has 0 unspecified atom stereocenters. The number of nitrogens with one attached hydrogen (secondary N) is 4. The summed E-state index contributed by atoms with van der Waals surface area (Å²) in [6.07, 6.45) is 1.64. The predicted octanol–water partition coefficient (Wildman–Crippen LogP) is 6.24. The minimum atomic E-state index is -0.675. The Labute approximate surface area is 417 Å². The van der Waals surface area contributed by atoms with Gasteiger partial charge in [-0.2, -0.15) is 0 Å². The second kappa shape index (κ2) is 24.6. The van der Waals surface area contributed by atoms with E-state index in [2.05, 4.69) is 40.4 Å². The van der Waals surface area contributed by atoms with Gasteiger partial charge < -0.3 is 65.1 Å². The van der Waals surface area contributed by atoms with Crippen LogP contribution in [0.25, 0.3) is 39.4 Å². The Bertz CT molecular complexity index is 3030. The topological polar surface area (TPSA) is 251 Å². The predicted molar refractivity (Wildman–Crippen MR) is 276 cm³/mol. The molecular formula is C51H56FN9O10S. The number of pyridine rings is 1. The highest BCUT2D eigenvalue weighted by Crippen LogP contribution is 2.41. The summed E-state index contributed by atoms with van der Waals surface area (Å²) < 4.78 is 42.2. The first-order valence-electron chi connectivity index (χ1n) is 23.5. The molecule has 21 heteroatoms. The molecule has 8 rings (SSSR count). The van der Waals surface area contributed by atoms with E-state index < -0.39 is 17.3 Å². The van der Waals surface area contributed by atoms with E-state index in [-0.39, 0.29) is 71.1 Å². The Morgan fingerprint density at radius 1 is 0.861 bits per heavy atom. The van der Waals surface area contributed by atoms with Crippen molar-refractivity contribution in [3.8, 4) is 22.9 Å². The number of nitrogens with two attached hydrogens (primary N) is 1. The Balaban J connectivity index is 0.645. The van der Waals surface area contributed by atoms with Gasteiger partial charge in [0.1, 0.15) is 40.2 Å². The molecule has 6 aromatic rings. The number of urea groups is 1. The van der Waals surface area contributed by atoms with Crippen LogP contribution in [-0.4, -0.2) is 146 Å². The number of aliphatic imine (C=N–C) groups is 1. The maximum Gasteiger partial charge on any atom is 0.344 e. The van der Waals surface area contributed by atoms with Gasteiger partial charge in [-0.15, -0.1) is 0 Å². The molecule has 4 heterocycles. The number of hydrogen-bond acceptors (Lipinski definition) is 16. The number of benzene rings is 4. The first-order chi connectivity index (χ1) is 35.1. The number of aromatic nitrogens is 3. The van der Waals surface area contributed by atoms with Crippen LogP contribution >= 0.6 is 11.8 Å². The van der Waals surface area contributed by atoms with Crippen LogP contribution in [0.1, 0.15) is 12.5 Å². The lowest BCUT2D eigenvalue weighted by molar-refractivity contribution is -0.138. The number of carbonyl (C=O) groups excluding carboxylic acids is 2. The van der Waals surface area contributed by atoms with Crippen molar-refractivity contribution in [1.29, 1.82) is 0 Å². The molecule has 2 aliphatic rings. The fourth-order valence-electron chi connectivity index (χ4n) is 8.00. The fourth-order valence-corrected chi connectivity index (χ4v) is 9.04. The van der Waals surface area contributed by atoms with E-state index in [1.165, 1.54) is 18.2 Å². The van der Waals surface area contributed by atoms with Crippen molar-refractivity contribution in [3.63, 3.8) is 0 Å². The zero-order valence-electron chi connectivity index (χ0n) is 39.6. The van der Waals surface area contributed by atoms with Crippen LogP contribution in [0.3, 0.4) is 0 Å². The first kappa shape index (κ1) is 50.9. The highest BCUT2D eigenvalue weighted by molar-refractivity contribution is 8.18. The number of nitrogens with zero attached hydrogens (tertiary/aromatic N) is 4. The van der Waals surface area contributed by atoms with E-state index in [1.54, 1.807) is 43.3 Å². The van der Waals surface area contributed by atoms with Gasteiger partial charge in [-0.3, -0.25) is 9.69 Å². The number of imidazole rings is 1. The normalized spacial score (nSPS) is 15.3. The van der Waals surface area contributed by atoms with Crippen LogP contribution in [0.5, 0.6) is 11.5 Å². The zero-order valence-corrected chi connectivity index (χ0v) is 40.4. The number of anilines is 2. The maximum absolute atomic E-state index is 14.6. The van der Waals surface area contributed by atoms with Crippen molar-refractivity contribution in [1.82, 2.24) is 30.5 Å². The second-order valence-corrected chi connectivity index (χ2v) is 17.5. The number of para-hydroxylation sites is 1. The van der Waals surface area contributed by atoms with Crippen molar-refractivity contribution in [2.24, 2.45) is 4.99 Å². The molecule has 0 atom stereocenters. The fraction of sp³-hybridized carbons (Fsp3) is 0.314. The van der Waals surface area contributed by atoms with Crippen LogP contribution in [0, 0.1) is 5.82 Å². The number of carbonyl (C=O) groups is 2. The number of phenolic OH excluding ortho intramolecular Hbond substituents is 1. The summed E-state index contributed by atoms with van der Waals surface area (Å²) in [7, 11) is 0. The van der Waals surface area contributed by atoms with Crippen molar-refractivity contribution in [3.05, 3.63) is 123 Å². The number of halogens is 1. The summed E-state index contributed by atoms with van der Waals surface area (Å²) in [5, 5.41) is 27.8. The zero-order chi connectivity index (χ0) is 50.4. The number of aromatic hydroxyl groups is 1. The van der Waals surface area contributed by atoms with Crippen molar-refractivity contribution < 1.29 is 47.9 Å². The van der Waals surface area contributed by atoms with Gasteiger partial charge in [0.25, 0.3) is 5.56 Å². The molecule has 378 valence electrons. The summed E-state index contributed by atoms with van der Waals surface area (Å²) in [5.41, 5.74) is 9.86. The van der Waals surface area contributed by atoms with Gasteiger partial charge in [-0.05, 0) is 73.2 Å². The molecule has 0 radical (unpaired) electrons. The standard InChI is InChI=1S/C51H56FN9O10S/c1-2-70-50(65)44-46(63)41(72-49(44)56-33-7-4-3-5-8-33)30-32-11-14-40(39(62)29-32)71-28-27-69-26-25-68-24-23-67-22-16-55-51(66)54-15-17-60-18-20-61(21-19-60)34-12-13-36-38(31-34)58-47(57-36)43-45(53)42-35(52)9-6-10-37(42)59-48(43)64/h3-14,29-31,62-63H,2,15-28H2,1H3,(H,57,58)(H3,53,59,64)(H2,54,55,66). The van der Waals surface area contributed by atoms with Gasteiger partial charge in [-0.1, -0.05) is 42.1 Å². The number of nitrogen functional groups attached to an aromatic ring is 1. The molecule has 0 aliphatic carbocycles. The van der Waals surface area contributed by atoms with Gasteiger partial charge in [-0.25, -0.2) is 24.0 Å². The molecule has 0 spiro atoms. The van der Waals surface area contributed by atoms with E-state index in [0.29, 0.717) is 84.9 Å². The van der Waals surface area contributed by atoms with Gasteiger partial charge in [0, 0.05) is 51.5 Å². The Morgan fingerprint density at radius 3 is 2.35 bits per heavy atom. The molecule has 19 nitrogen and oxygen atoms in total. The average molecular weight is 1010 g/mol. The smallest absolute Gasteiger partial charge is 0.344 e. The molecule has 1 fully saturated rings. The van der Waals surface area contributed by atoms with E-state index >= 15 is 0 Å². The highest BCUT2D eigenvalue weighted by Gasteiger charge is 2.33. The lowest BCUT2D eigenvalue weighted by atomic mass is 10.1. The molecule has 72 heavy (non-hydrogen) atoms. The van der Waals surface area contributed by atoms with Crippen LogP contribution in [-0.2, 0) is 23.7 Å². The number of hydrogen-bond donors (Lipinski definition) is 7. The number of ether oxygens (including phenoxy) is 5. The highest BCUT2D eigenvalue weighted by atomic mass is 32.2. The third-order valence-electron chi connectivity index (χ3n) is 11.6. The van der Waals surface area contributed by atoms with Crippen LogP contribution in [0.4, 0.5) is 26.2 Å². The SMILES string of the molecule is CCOC(=O)C1=C(O)C(=Cc2ccc(OCCOCCOCCOCCNC(=O)NCCN3CCN(c4ccc5nc(-c6c(N)c7c(F)cccc7[nH]c6=O)[nH]c5c4)CC3)c(O)c2)SC1=Nc1ccccc1. The monoisotopic (exact) mass is 1010 g/mol. The summed E-state index contributed by atoms with van der Waals surface area (Å²) in [5.74, 6) is -1.02. The molecule has 4 aromatic carbocycles. The lowest BCUT2D eigenvalue weighted by Gasteiger charge is -2.36. The number of phenols is 1. The Hall–Kier alpha value is -7.43. The van der Waals surface area contributed by atoms with Crippen LogP contribution in [0.2, 0.25) is 0 Å². The number of esters is 1. The third kappa shape index (κ3) is 12.9. The quantitative estimate of drug-likeness (QED) is 0.0294. The molecule has 2 aromatic heterocycles. The number of aliphatic hydroxyl groups excluding tert-OH is 1. The van der Waals surface area contributed by atoms with Gasteiger partial charge in [0.15, 0.2) is 11.5 Å². The van der Waals surface area contributed by atoms with E-state index in [4.69, 9.17) is 29.4 Å². The number of H-pyrrole nitrogens is 2.